The van der Waals surface area contributed by atoms with E-state index in [9.17, 15) is 9.18 Å². The van der Waals surface area contributed by atoms with Crippen molar-refractivity contribution in [1.82, 2.24) is 15.0 Å². The highest BCUT2D eigenvalue weighted by molar-refractivity contribution is 6.30. The van der Waals surface area contributed by atoms with E-state index < -0.39 is 5.82 Å². The summed E-state index contributed by atoms with van der Waals surface area (Å²) in [6.07, 6.45) is 5.10. The molecule has 3 aromatic heterocycles. The highest BCUT2D eigenvalue weighted by Crippen LogP contribution is 2.32. The average Bonchev–Trinajstić information content (AvgIpc) is 2.71. The predicted molar refractivity (Wildman–Crippen MR) is 114 cm³/mol. The first kappa shape index (κ1) is 19.1. The molecule has 146 valence electrons. The monoisotopic (exact) mass is 408 g/mol. The molecule has 2 N–H and O–H groups in total. The molecule has 0 unspecified atom stereocenters. The zero-order chi connectivity index (χ0) is 20.5. The summed E-state index contributed by atoms with van der Waals surface area (Å²) >= 11 is 6.03. The lowest BCUT2D eigenvalue weighted by molar-refractivity contribution is 0.631. The lowest BCUT2D eigenvalue weighted by Gasteiger charge is -2.17. The zero-order valence-corrected chi connectivity index (χ0v) is 16.6. The van der Waals surface area contributed by atoms with Crippen LogP contribution in [0.4, 0.5) is 15.8 Å². The molecule has 3 heterocycles. The van der Waals surface area contributed by atoms with Crippen LogP contribution in [0.25, 0.3) is 22.0 Å². The fraction of sp³-hybridized carbons (Fsp3) is 0.136. The average molecular weight is 409 g/mol. The van der Waals surface area contributed by atoms with Gasteiger partial charge in [-0.15, -0.1) is 0 Å². The quantitative estimate of drug-likeness (QED) is 0.458. The molecule has 0 aliphatic carbocycles. The number of anilines is 2. The van der Waals surface area contributed by atoms with Crippen LogP contribution >= 0.6 is 11.6 Å². The number of benzene rings is 1. The molecule has 5 nitrogen and oxygen atoms in total. The number of halogens is 2. The molecule has 0 aliphatic heterocycles. The number of nitrogens with zero attached hydrogens (tertiary/aromatic N) is 2. The summed E-state index contributed by atoms with van der Waals surface area (Å²) in [4.78, 5) is 24.1. The second kappa shape index (κ2) is 7.64. The minimum Gasteiger partial charge on any atom is -0.353 e. The van der Waals surface area contributed by atoms with Gasteiger partial charge in [0.25, 0.3) is 5.56 Å². The van der Waals surface area contributed by atoms with E-state index in [0.717, 1.165) is 22.3 Å². The molecule has 4 aromatic rings. The van der Waals surface area contributed by atoms with Crippen LogP contribution in [0.5, 0.6) is 0 Å². The highest BCUT2D eigenvalue weighted by atomic mass is 35.5. The third kappa shape index (κ3) is 3.71. The van der Waals surface area contributed by atoms with Gasteiger partial charge in [0, 0.05) is 40.3 Å². The first-order chi connectivity index (χ1) is 13.9. The molecule has 0 atom stereocenters. The van der Waals surface area contributed by atoms with Crippen LogP contribution in [-0.4, -0.2) is 15.0 Å². The summed E-state index contributed by atoms with van der Waals surface area (Å²) in [5, 5.41) is 4.56. The number of fused-ring (bicyclic) bond motifs is 1. The molecular weight excluding hydrogens is 391 g/mol. The zero-order valence-electron chi connectivity index (χ0n) is 15.8. The van der Waals surface area contributed by atoms with E-state index in [1.807, 2.05) is 26.0 Å². The number of hydrogen-bond donors (Lipinski definition) is 2. The Labute approximate surface area is 171 Å². The summed E-state index contributed by atoms with van der Waals surface area (Å²) in [6.45, 7) is 3.95. The van der Waals surface area contributed by atoms with Gasteiger partial charge in [-0.05, 0) is 42.3 Å². The second-order valence-corrected chi connectivity index (χ2v) is 7.43. The van der Waals surface area contributed by atoms with Crippen molar-refractivity contribution < 1.29 is 4.39 Å². The van der Waals surface area contributed by atoms with Gasteiger partial charge in [0.15, 0.2) is 0 Å². The molecule has 0 saturated carbocycles. The van der Waals surface area contributed by atoms with Gasteiger partial charge < -0.3 is 10.3 Å². The van der Waals surface area contributed by atoms with E-state index in [0.29, 0.717) is 10.7 Å². The van der Waals surface area contributed by atoms with Crippen molar-refractivity contribution in [2.24, 2.45) is 0 Å². The van der Waals surface area contributed by atoms with Crippen LogP contribution in [0.1, 0.15) is 25.5 Å². The van der Waals surface area contributed by atoms with Crippen molar-refractivity contribution in [3.05, 3.63) is 81.9 Å². The van der Waals surface area contributed by atoms with Gasteiger partial charge in [0.05, 0.1) is 22.5 Å². The number of aromatic nitrogens is 3. The molecule has 4 rings (SSSR count). The molecule has 0 saturated heterocycles. The third-order valence-corrected chi connectivity index (χ3v) is 4.92. The predicted octanol–water partition coefficient (Wildman–Crippen LogP) is 5.64. The van der Waals surface area contributed by atoms with Gasteiger partial charge in [-0.2, -0.15) is 0 Å². The third-order valence-electron chi connectivity index (χ3n) is 4.68. The standard InChI is InChI=1S/C22H18ClFN4O/c1-12(2)21-20(27-19-6-8-26-18-5-7-25-11-16(18)19)10-15(22(29)28-21)14-9-13(23)3-4-17(14)24/h3-12H,1-2H3,(H,26,27)(H,28,29). The highest BCUT2D eigenvalue weighted by Gasteiger charge is 2.16. The van der Waals surface area contributed by atoms with Gasteiger partial charge in [-0.25, -0.2) is 4.39 Å². The van der Waals surface area contributed by atoms with E-state index in [4.69, 9.17) is 11.6 Å². The summed E-state index contributed by atoms with van der Waals surface area (Å²) in [7, 11) is 0. The Bertz CT molecular complexity index is 1260. The van der Waals surface area contributed by atoms with Crippen LogP contribution in [0.15, 0.2) is 59.8 Å². The first-order valence-electron chi connectivity index (χ1n) is 9.12. The lowest BCUT2D eigenvalue weighted by Crippen LogP contribution is -2.15. The van der Waals surface area contributed by atoms with Gasteiger partial charge in [-0.1, -0.05) is 25.4 Å². The minimum absolute atomic E-state index is 0.0367. The maximum Gasteiger partial charge on any atom is 0.256 e. The second-order valence-electron chi connectivity index (χ2n) is 6.99. The van der Waals surface area contributed by atoms with Crippen LogP contribution < -0.4 is 10.9 Å². The molecule has 0 spiro atoms. The largest absolute Gasteiger partial charge is 0.353 e. The van der Waals surface area contributed by atoms with Gasteiger partial charge >= 0.3 is 0 Å². The number of pyridine rings is 3. The van der Waals surface area contributed by atoms with E-state index in [1.54, 1.807) is 24.7 Å². The van der Waals surface area contributed by atoms with E-state index in [2.05, 4.69) is 20.3 Å². The Kier molecular flexibility index (Phi) is 5.03. The van der Waals surface area contributed by atoms with E-state index in [1.165, 1.54) is 18.2 Å². The topological polar surface area (TPSA) is 70.7 Å². The fourth-order valence-electron chi connectivity index (χ4n) is 3.25. The van der Waals surface area contributed by atoms with E-state index >= 15 is 0 Å². The number of H-pyrrole nitrogens is 1. The van der Waals surface area contributed by atoms with Gasteiger partial charge in [0.2, 0.25) is 0 Å². The lowest BCUT2D eigenvalue weighted by atomic mass is 10.0. The Morgan fingerprint density at radius 3 is 2.69 bits per heavy atom. The molecule has 0 radical (unpaired) electrons. The molecular formula is C22H18ClFN4O. The number of rotatable bonds is 4. The smallest absolute Gasteiger partial charge is 0.256 e. The molecule has 0 amide bonds. The van der Waals surface area contributed by atoms with Crippen LogP contribution in [-0.2, 0) is 0 Å². The molecule has 0 fully saturated rings. The van der Waals surface area contributed by atoms with Crippen molar-refractivity contribution in [2.45, 2.75) is 19.8 Å². The molecule has 0 bridgehead atoms. The van der Waals surface area contributed by atoms with Crippen molar-refractivity contribution in [1.29, 1.82) is 0 Å². The SMILES string of the molecule is CC(C)c1[nH]c(=O)c(-c2cc(Cl)ccc2F)cc1Nc1ccnc2ccncc12. The van der Waals surface area contributed by atoms with Crippen LogP contribution in [0.3, 0.4) is 0 Å². The summed E-state index contributed by atoms with van der Waals surface area (Å²) in [6, 6.07) is 9.47. The maximum atomic E-state index is 14.4. The summed E-state index contributed by atoms with van der Waals surface area (Å²) in [5.41, 5.74) is 2.95. The Balaban J connectivity index is 1.90. The number of aromatic amines is 1. The normalized spacial score (nSPS) is 11.2. The summed E-state index contributed by atoms with van der Waals surface area (Å²) in [5.74, 6) is -0.476. The number of nitrogens with one attached hydrogen (secondary N) is 2. The van der Waals surface area contributed by atoms with Crippen molar-refractivity contribution in [3.63, 3.8) is 0 Å². The Morgan fingerprint density at radius 1 is 1.07 bits per heavy atom. The number of hydrogen-bond acceptors (Lipinski definition) is 4. The molecule has 7 heteroatoms. The van der Waals surface area contributed by atoms with Gasteiger partial charge in [-0.3, -0.25) is 14.8 Å². The minimum atomic E-state index is -0.512. The van der Waals surface area contributed by atoms with Gasteiger partial charge in [0.1, 0.15) is 5.82 Å². The molecule has 0 aliphatic rings. The van der Waals surface area contributed by atoms with Crippen molar-refractivity contribution in [3.8, 4) is 11.1 Å². The molecule has 29 heavy (non-hydrogen) atoms. The fourth-order valence-corrected chi connectivity index (χ4v) is 3.42. The summed E-state index contributed by atoms with van der Waals surface area (Å²) < 4.78 is 14.4. The van der Waals surface area contributed by atoms with Crippen LogP contribution in [0, 0.1) is 5.82 Å². The van der Waals surface area contributed by atoms with Crippen molar-refractivity contribution in [2.75, 3.05) is 5.32 Å². The van der Waals surface area contributed by atoms with E-state index in [-0.39, 0.29) is 22.6 Å². The maximum absolute atomic E-state index is 14.4. The first-order valence-corrected chi connectivity index (χ1v) is 9.50. The Morgan fingerprint density at radius 2 is 1.90 bits per heavy atom. The molecule has 1 aromatic carbocycles. The van der Waals surface area contributed by atoms with Crippen molar-refractivity contribution >= 4 is 33.9 Å². The van der Waals surface area contributed by atoms with Crippen LogP contribution in [0.2, 0.25) is 5.02 Å². The Hall–Kier alpha value is -3.25.